The van der Waals surface area contributed by atoms with E-state index in [9.17, 15) is 19.5 Å². The van der Waals surface area contributed by atoms with Crippen molar-refractivity contribution < 1.29 is 38.1 Å². The van der Waals surface area contributed by atoms with Crippen LogP contribution in [0.2, 0.25) is 0 Å². The van der Waals surface area contributed by atoms with Gasteiger partial charge in [-0.05, 0) is 31.2 Å². The lowest BCUT2D eigenvalue weighted by Crippen LogP contribution is -2.61. The van der Waals surface area contributed by atoms with Crippen molar-refractivity contribution >= 4 is 28.8 Å². The Kier molecular flexibility index (Phi) is 6.65. The Morgan fingerprint density at radius 2 is 1.97 bits per heavy atom. The molecule has 2 heterocycles. The Bertz CT molecular complexity index is 1280. The Balaban J connectivity index is 1.66. The summed E-state index contributed by atoms with van der Waals surface area (Å²) >= 11 is 0. The quantitative estimate of drug-likeness (QED) is 0.502. The van der Waals surface area contributed by atoms with E-state index in [1.165, 1.54) is 30.2 Å². The number of nitrogens with zero attached hydrogens (tertiary/aromatic N) is 1. The van der Waals surface area contributed by atoms with Crippen LogP contribution in [-0.4, -0.2) is 67.3 Å². The van der Waals surface area contributed by atoms with Gasteiger partial charge in [-0.3, -0.25) is 9.59 Å². The zero-order valence-electron chi connectivity index (χ0n) is 19.6. The molecule has 35 heavy (non-hydrogen) atoms. The third-order valence-electron chi connectivity index (χ3n) is 6.06. The molecular weight excluding hydrogens is 456 g/mol. The third-order valence-corrected chi connectivity index (χ3v) is 6.06. The largest absolute Gasteiger partial charge is 0.496 e. The fraction of sp³-hybridized carbons (Fsp3) is 0.320. The van der Waals surface area contributed by atoms with Crippen molar-refractivity contribution in [2.75, 3.05) is 34.0 Å². The molecule has 0 radical (unpaired) electrons. The predicted molar refractivity (Wildman–Crippen MR) is 125 cm³/mol. The smallest absolute Gasteiger partial charge is 0.335 e. The highest BCUT2D eigenvalue weighted by Gasteiger charge is 2.47. The van der Waals surface area contributed by atoms with Crippen LogP contribution in [-0.2, 0) is 16.1 Å². The molecule has 0 saturated carbocycles. The minimum Gasteiger partial charge on any atom is -0.496 e. The van der Waals surface area contributed by atoms with E-state index in [0.29, 0.717) is 11.1 Å². The Hall–Kier alpha value is -4.05. The number of carboxylic acid groups (broad SMARTS) is 1. The Morgan fingerprint density at radius 3 is 2.69 bits per heavy atom. The second-order valence-electron chi connectivity index (χ2n) is 8.28. The fourth-order valence-electron chi connectivity index (χ4n) is 4.06. The van der Waals surface area contributed by atoms with Gasteiger partial charge in [0.05, 0.1) is 24.7 Å². The van der Waals surface area contributed by atoms with Crippen molar-refractivity contribution in [3.05, 3.63) is 59.4 Å². The molecule has 1 aliphatic rings. The highest BCUT2D eigenvalue weighted by molar-refractivity contribution is 6.05. The average Bonchev–Trinajstić information content (AvgIpc) is 3.19. The summed E-state index contributed by atoms with van der Waals surface area (Å²) in [6, 6.07) is 11.6. The summed E-state index contributed by atoms with van der Waals surface area (Å²) < 4.78 is 22.3. The van der Waals surface area contributed by atoms with Crippen molar-refractivity contribution in [3.63, 3.8) is 0 Å². The van der Waals surface area contributed by atoms with Gasteiger partial charge in [-0.15, -0.1) is 0 Å². The molecular formula is C25H26N2O8. The number of carbonyl (C=O) groups is 3. The van der Waals surface area contributed by atoms with E-state index < -0.39 is 23.3 Å². The number of furan rings is 1. The summed E-state index contributed by atoms with van der Waals surface area (Å²) in [6.07, 6.45) is 0. The molecule has 2 N–H and O–H groups in total. The van der Waals surface area contributed by atoms with Gasteiger partial charge < -0.3 is 34.0 Å². The maximum absolute atomic E-state index is 13.6. The molecule has 0 fully saturated rings. The number of benzene rings is 2. The van der Waals surface area contributed by atoms with E-state index in [4.69, 9.17) is 18.6 Å². The Labute approximate surface area is 201 Å². The summed E-state index contributed by atoms with van der Waals surface area (Å²) in [5, 5.41) is 12.6. The maximum Gasteiger partial charge on any atom is 0.335 e. The van der Waals surface area contributed by atoms with Gasteiger partial charge in [0.15, 0.2) is 11.3 Å². The molecule has 3 aromatic rings. The first-order chi connectivity index (χ1) is 16.8. The lowest BCUT2D eigenvalue weighted by atomic mass is 9.99. The van der Waals surface area contributed by atoms with E-state index in [1.807, 2.05) is 18.2 Å². The van der Waals surface area contributed by atoms with Crippen molar-refractivity contribution in [1.82, 2.24) is 10.2 Å². The molecule has 0 spiro atoms. The minimum atomic E-state index is -1.38. The number of carbonyl (C=O) groups excluding carboxylic acids is 2. The average molecular weight is 482 g/mol. The lowest BCUT2D eigenvalue weighted by molar-refractivity contribution is -0.133. The highest BCUT2D eigenvalue weighted by Crippen LogP contribution is 2.38. The van der Waals surface area contributed by atoms with Crippen LogP contribution < -0.4 is 14.8 Å². The first-order valence-electron chi connectivity index (χ1n) is 10.9. The third kappa shape index (κ3) is 4.40. The molecule has 2 aromatic carbocycles. The zero-order valence-corrected chi connectivity index (χ0v) is 19.6. The predicted octanol–water partition coefficient (Wildman–Crippen LogP) is 2.70. The molecule has 1 aromatic heterocycles. The number of hydrogen-bond acceptors (Lipinski definition) is 7. The molecule has 0 bridgehead atoms. The number of para-hydroxylation sites is 1. The highest BCUT2D eigenvalue weighted by atomic mass is 16.5. The van der Waals surface area contributed by atoms with Gasteiger partial charge in [-0.1, -0.05) is 18.2 Å². The van der Waals surface area contributed by atoms with Crippen LogP contribution in [0.15, 0.2) is 46.9 Å². The van der Waals surface area contributed by atoms with Gasteiger partial charge in [-0.2, -0.15) is 0 Å². The van der Waals surface area contributed by atoms with Crippen molar-refractivity contribution in [2.24, 2.45) is 0 Å². The van der Waals surface area contributed by atoms with E-state index >= 15 is 0 Å². The number of rotatable bonds is 8. The van der Waals surface area contributed by atoms with Gasteiger partial charge in [0.2, 0.25) is 11.7 Å². The standard InChI is InChI=1S/C25H26N2O8/c1-25(24(31)26-13-16-6-4-5-7-18(16)33-3)14-34-20-17-9-8-15(23(29)30)12-19(17)35-21(20)22(28)27(25)10-11-32-2/h4-9,12H,10-11,13-14H2,1-3H3,(H,26,31)(H,29,30)/t25-/m0/s1. The number of methoxy groups -OCH3 is 2. The molecule has 2 amide bonds. The van der Waals surface area contributed by atoms with Gasteiger partial charge >= 0.3 is 5.97 Å². The number of amides is 2. The second-order valence-corrected chi connectivity index (χ2v) is 8.28. The topological polar surface area (TPSA) is 128 Å². The zero-order chi connectivity index (χ0) is 25.2. The van der Waals surface area contributed by atoms with E-state index in [-0.39, 0.29) is 49.0 Å². The maximum atomic E-state index is 13.6. The van der Waals surface area contributed by atoms with E-state index in [1.54, 1.807) is 20.1 Å². The first-order valence-corrected chi connectivity index (χ1v) is 10.9. The minimum absolute atomic E-state index is 0.0191. The van der Waals surface area contributed by atoms with E-state index in [2.05, 4.69) is 5.32 Å². The molecule has 10 nitrogen and oxygen atoms in total. The fourth-order valence-corrected chi connectivity index (χ4v) is 4.06. The molecule has 1 aliphatic heterocycles. The summed E-state index contributed by atoms with van der Waals surface area (Å²) in [5.41, 5.74) is -0.375. The monoisotopic (exact) mass is 482 g/mol. The summed E-state index contributed by atoms with van der Waals surface area (Å²) in [7, 11) is 3.05. The Morgan fingerprint density at radius 1 is 1.20 bits per heavy atom. The molecule has 4 rings (SSSR count). The second kappa shape index (κ2) is 9.67. The summed E-state index contributed by atoms with van der Waals surface area (Å²) in [6.45, 7) is 1.94. The lowest BCUT2D eigenvalue weighted by Gasteiger charge is -2.37. The first kappa shape index (κ1) is 24.1. The molecule has 0 saturated heterocycles. The van der Waals surface area contributed by atoms with Crippen molar-refractivity contribution in [1.29, 1.82) is 0 Å². The van der Waals surface area contributed by atoms with Crippen molar-refractivity contribution in [2.45, 2.75) is 19.0 Å². The normalized spacial score (nSPS) is 17.5. The molecule has 184 valence electrons. The van der Waals surface area contributed by atoms with Crippen molar-refractivity contribution in [3.8, 4) is 11.5 Å². The number of hydrogen-bond donors (Lipinski definition) is 2. The van der Waals surface area contributed by atoms with Crippen LogP contribution >= 0.6 is 0 Å². The van der Waals surface area contributed by atoms with Crippen LogP contribution in [0.4, 0.5) is 0 Å². The van der Waals surface area contributed by atoms with Gasteiger partial charge in [0.1, 0.15) is 17.9 Å². The molecule has 0 aliphatic carbocycles. The summed E-state index contributed by atoms with van der Waals surface area (Å²) in [4.78, 5) is 39.8. The molecule has 0 unspecified atom stereocenters. The number of carboxylic acids is 1. The van der Waals surface area contributed by atoms with Gasteiger partial charge in [0, 0.05) is 25.8 Å². The van der Waals surface area contributed by atoms with Gasteiger partial charge in [0.25, 0.3) is 5.91 Å². The number of aromatic carboxylic acids is 1. The van der Waals surface area contributed by atoms with Crippen LogP contribution in [0.5, 0.6) is 11.5 Å². The van der Waals surface area contributed by atoms with Crippen LogP contribution in [0.25, 0.3) is 11.0 Å². The number of nitrogens with one attached hydrogen (secondary N) is 1. The van der Waals surface area contributed by atoms with E-state index in [0.717, 1.165) is 5.56 Å². The van der Waals surface area contributed by atoms with Crippen LogP contribution in [0.1, 0.15) is 33.4 Å². The van der Waals surface area contributed by atoms with Crippen LogP contribution in [0.3, 0.4) is 0 Å². The molecule has 10 heteroatoms. The summed E-state index contributed by atoms with van der Waals surface area (Å²) in [5.74, 6) is -1.39. The molecule has 1 atom stereocenters. The number of ether oxygens (including phenoxy) is 3. The SMILES string of the molecule is COCCN1C(=O)c2oc3cc(C(=O)O)ccc3c2OC[C@@]1(C)C(=O)NCc1ccccc1OC. The van der Waals surface area contributed by atoms with Crippen LogP contribution in [0, 0.1) is 0 Å². The van der Waals surface area contributed by atoms with Gasteiger partial charge in [-0.25, -0.2) is 4.79 Å². The number of fused-ring (bicyclic) bond motifs is 3.